The summed E-state index contributed by atoms with van der Waals surface area (Å²) < 4.78 is 7.75. The second-order valence-electron chi connectivity index (χ2n) is 5.83. The van der Waals surface area contributed by atoms with E-state index in [0.29, 0.717) is 12.6 Å². The van der Waals surface area contributed by atoms with Gasteiger partial charge in [-0.1, -0.05) is 6.07 Å². The molecule has 19 heavy (non-hydrogen) atoms. The number of fused-ring (bicyclic) bond motifs is 1. The van der Waals surface area contributed by atoms with Crippen molar-refractivity contribution in [3.63, 3.8) is 0 Å². The molecular formula is C15H22N2O2. The fourth-order valence-electron chi connectivity index (χ4n) is 3.32. The first-order valence-corrected chi connectivity index (χ1v) is 7.29. The molecule has 1 aromatic heterocycles. The summed E-state index contributed by atoms with van der Waals surface area (Å²) in [6, 6.07) is 3.65. The smallest absolute Gasteiger partial charge is 0.250 e. The Balaban J connectivity index is 1.92. The van der Waals surface area contributed by atoms with E-state index in [1.54, 1.807) is 6.07 Å². The van der Waals surface area contributed by atoms with Crippen LogP contribution in [0.3, 0.4) is 0 Å². The Morgan fingerprint density at radius 2 is 2.21 bits per heavy atom. The van der Waals surface area contributed by atoms with Gasteiger partial charge in [0, 0.05) is 17.8 Å². The van der Waals surface area contributed by atoms with Gasteiger partial charge in [-0.2, -0.15) is 0 Å². The van der Waals surface area contributed by atoms with E-state index in [0.717, 1.165) is 43.4 Å². The Morgan fingerprint density at radius 3 is 2.95 bits per heavy atom. The molecule has 1 aliphatic carbocycles. The maximum Gasteiger partial charge on any atom is 0.250 e. The lowest BCUT2D eigenvalue weighted by Gasteiger charge is -2.26. The summed E-state index contributed by atoms with van der Waals surface area (Å²) in [5.74, 6) is 0. The van der Waals surface area contributed by atoms with Gasteiger partial charge in [-0.25, -0.2) is 0 Å². The molecule has 2 heterocycles. The van der Waals surface area contributed by atoms with Gasteiger partial charge in [-0.15, -0.1) is 0 Å². The van der Waals surface area contributed by atoms with Gasteiger partial charge in [0.25, 0.3) is 5.56 Å². The van der Waals surface area contributed by atoms with Crippen molar-refractivity contribution in [1.29, 1.82) is 0 Å². The first-order chi connectivity index (χ1) is 9.15. The number of nitrogens with zero attached hydrogens (tertiary/aromatic N) is 1. The molecule has 1 saturated heterocycles. The Bertz CT molecular complexity index is 523. The quantitative estimate of drug-likeness (QED) is 0.883. The average Bonchev–Trinajstić information content (AvgIpc) is 2.79. The molecule has 3 atom stereocenters. The minimum Gasteiger partial charge on any atom is -0.373 e. The SMILES string of the molecule is CC1CCC(Cn2c3c(ccc2=O)C(N)CCC3)O1. The molecule has 0 saturated carbocycles. The van der Waals surface area contributed by atoms with Crippen molar-refractivity contribution in [2.24, 2.45) is 5.73 Å². The number of nitrogens with two attached hydrogens (primary N) is 1. The van der Waals surface area contributed by atoms with Gasteiger partial charge in [-0.3, -0.25) is 4.79 Å². The third-order valence-corrected chi connectivity index (χ3v) is 4.36. The molecule has 0 amide bonds. The zero-order valence-corrected chi connectivity index (χ0v) is 11.5. The molecule has 0 radical (unpaired) electrons. The molecule has 2 aliphatic rings. The molecule has 4 nitrogen and oxygen atoms in total. The Kier molecular flexibility index (Phi) is 3.46. The Labute approximate surface area is 113 Å². The van der Waals surface area contributed by atoms with E-state index < -0.39 is 0 Å². The van der Waals surface area contributed by atoms with Crippen LogP contribution in [0.15, 0.2) is 16.9 Å². The summed E-state index contributed by atoms with van der Waals surface area (Å²) >= 11 is 0. The van der Waals surface area contributed by atoms with Crippen LogP contribution in [0.1, 0.15) is 49.9 Å². The third-order valence-electron chi connectivity index (χ3n) is 4.36. The van der Waals surface area contributed by atoms with Crippen LogP contribution in [-0.4, -0.2) is 16.8 Å². The number of hydrogen-bond acceptors (Lipinski definition) is 3. The molecule has 3 rings (SSSR count). The largest absolute Gasteiger partial charge is 0.373 e. The fraction of sp³-hybridized carbons (Fsp3) is 0.667. The number of pyridine rings is 1. The van der Waals surface area contributed by atoms with Gasteiger partial charge in [0.1, 0.15) is 0 Å². The normalized spacial score (nSPS) is 30.3. The maximum atomic E-state index is 12.1. The van der Waals surface area contributed by atoms with Crippen molar-refractivity contribution in [1.82, 2.24) is 4.57 Å². The van der Waals surface area contributed by atoms with Crippen molar-refractivity contribution in [3.05, 3.63) is 33.7 Å². The lowest BCUT2D eigenvalue weighted by atomic mass is 9.91. The molecule has 0 aromatic carbocycles. The first kappa shape index (κ1) is 12.9. The van der Waals surface area contributed by atoms with Crippen LogP contribution in [-0.2, 0) is 17.7 Å². The Morgan fingerprint density at radius 1 is 1.37 bits per heavy atom. The summed E-state index contributed by atoms with van der Waals surface area (Å²) in [4.78, 5) is 12.1. The van der Waals surface area contributed by atoms with Crippen molar-refractivity contribution < 1.29 is 4.74 Å². The maximum absolute atomic E-state index is 12.1. The highest BCUT2D eigenvalue weighted by molar-refractivity contribution is 5.27. The second-order valence-corrected chi connectivity index (χ2v) is 5.83. The highest BCUT2D eigenvalue weighted by Crippen LogP contribution is 2.28. The zero-order chi connectivity index (χ0) is 13.4. The van der Waals surface area contributed by atoms with Crippen molar-refractivity contribution >= 4 is 0 Å². The molecule has 3 unspecified atom stereocenters. The Hall–Kier alpha value is -1.13. The van der Waals surface area contributed by atoms with Crippen LogP contribution in [0.4, 0.5) is 0 Å². The highest BCUT2D eigenvalue weighted by Gasteiger charge is 2.25. The third kappa shape index (κ3) is 2.47. The van der Waals surface area contributed by atoms with Crippen molar-refractivity contribution in [2.45, 2.75) is 63.8 Å². The van der Waals surface area contributed by atoms with Crippen LogP contribution in [0, 0.1) is 0 Å². The van der Waals surface area contributed by atoms with Gasteiger partial charge in [0.15, 0.2) is 0 Å². The van der Waals surface area contributed by atoms with Crippen molar-refractivity contribution in [3.8, 4) is 0 Å². The van der Waals surface area contributed by atoms with Crippen molar-refractivity contribution in [2.75, 3.05) is 0 Å². The summed E-state index contributed by atoms with van der Waals surface area (Å²) in [7, 11) is 0. The standard InChI is InChI=1S/C15H22N2O2/c1-10-5-6-11(19-10)9-17-14-4-2-3-13(16)12(14)7-8-15(17)18/h7-8,10-11,13H,2-6,9,16H2,1H3. The summed E-state index contributed by atoms with van der Waals surface area (Å²) in [5, 5.41) is 0. The average molecular weight is 262 g/mol. The van der Waals surface area contributed by atoms with Gasteiger partial charge < -0.3 is 15.0 Å². The predicted octanol–water partition coefficient (Wildman–Crippen LogP) is 1.75. The minimum atomic E-state index is 0.0796. The summed E-state index contributed by atoms with van der Waals surface area (Å²) in [6.45, 7) is 2.78. The van der Waals surface area contributed by atoms with E-state index in [-0.39, 0.29) is 17.7 Å². The summed E-state index contributed by atoms with van der Waals surface area (Å²) in [6.07, 6.45) is 5.68. The number of hydrogen-bond donors (Lipinski definition) is 1. The lowest BCUT2D eigenvalue weighted by Crippen LogP contribution is -2.32. The van der Waals surface area contributed by atoms with E-state index in [9.17, 15) is 4.79 Å². The second kappa shape index (κ2) is 5.10. The molecule has 1 aromatic rings. The summed E-state index contributed by atoms with van der Waals surface area (Å²) in [5.41, 5.74) is 8.51. The van der Waals surface area contributed by atoms with Gasteiger partial charge in [-0.05, 0) is 44.6 Å². The van der Waals surface area contributed by atoms with Crippen LogP contribution < -0.4 is 11.3 Å². The van der Waals surface area contributed by atoms with E-state index in [4.69, 9.17) is 10.5 Å². The molecule has 0 spiro atoms. The number of ether oxygens (including phenoxy) is 1. The molecule has 0 bridgehead atoms. The van der Waals surface area contributed by atoms with Crippen LogP contribution in [0.25, 0.3) is 0 Å². The van der Waals surface area contributed by atoms with E-state index in [1.807, 2.05) is 10.6 Å². The van der Waals surface area contributed by atoms with Gasteiger partial charge >= 0.3 is 0 Å². The zero-order valence-electron chi connectivity index (χ0n) is 11.5. The minimum absolute atomic E-state index is 0.0796. The van der Waals surface area contributed by atoms with Gasteiger partial charge in [0.2, 0.25) is 0 Å². The molecule has 2 N–H and O–H groups in total. The highest BCUT2D eigenvalue weighted by atomic mass is 16.5. The van der Waals surface area contributed by atoms with Gasteiger partial charge in [0.05, 0.1) is 18.8 Å². The first-order valence-electron chi connectivity index (χ1n) is 7.29. The number of rotatable bonds is 2. The van der Waals surface area contributed by atoms with Crippen LogP contribution in [0.2, 0.25) is 0 Å². The van der Waals surface area contributed by atoms with E-state index in [1.165, 1.54) is 0 Å². The molecular weight excluding hydrogens is 240 g/mol. The topological polar surface area (TPSA) is 57.2 Å². The lowest BCUT2D eigenvalue weighted by molar-refractivity contribution is 0.0445. The van der Waals surface area contributed by atoms with E-state index >= 15 is 0 Å². The molecule has 1 aliphatic heterocycles. The molecule has 104 valence electrons. The molecule has 1 fully saturated rings. The van der Waals surface area contributed by atoms with Crippen LogP contribution in [0.5, 0.6) is 0 Å². The monoisotopic (exact) mass is 262 g/mol. The van der Waals surface area contributed by atoms with E-state index in [2.05, 4.69) is 6.92 Å². The molecule has 4 heteroatoms. The fourth-order valence-corrected chi connectivity index (χ4v) is 3.32. The number of aromatic nitrogens is 1. The predicted molar refractivity (Wildman–Crippen MR) is 74.1 cm³/mol. The van der Waals surface area contributed by atoms with Crippen LogP contribution >= 0.6 is 0 Å².